The topological polar surface area (TPSA) is 29.3 Å². The highest BCUT2D eigenvalue weighted by atomic mass is 15.1. The molecule has 16 heavy (non-hydrogen) atoms. The molecule has 0 aromatic carbocycles. The smallest absolute Gasteiger partial charge is 0.00947 e. The van der Waals surface area contributed by atoms with E-state index in [4.69, 9.17) is 5.73 Å². The van der Waals surface area contributed by atoms with Crippen LogP contribution in [0, 0.1) is 11.3 Å². The van der Waals surface area contributed by atoms with Crippen molar-refractivity contribution < 1.29 is 0 Å². The van der Waals surface area contributed by atoms with Crippen molar-refractivity contribution in [3.8, 4) is 0 Å². The molecule has 0 radical (unpaired) electrons. The Labute approximate surface area is 102 Å². The Hall–Kier alpha value is -0.0800. The Morgan fingerprint density at radius 1 is 1.31 bits per heavy atom. The summed E-state index contributed by atoms with van der Waals surface area (Å²) in [5.74, 6) is 0.920. The summed E-state index contributed by atoms with van der Waals surface area (Å²) in [4.78, 5) is 2.56. The van der Waals surface area contributed by atoms with Crippen molar-refractivity contribution in [1.82, 2.24) is 4.90 Å². The maximum Gasteiger partial charge on any atom is 0.00947 e. The number of nitrogens with zero attached hydrogens (tertiary/aromatic N) is 1. The molecule has 1 aliphatic rings. The molecule has 2 nitrogen and oxygen atoms in total. The van der Waals surface area contributed by atoms with E-state index in [1.807, 2.05) is 0 Å². The Morgan fingerprint density at radius 3 is 2.56 bits per heavy atom. The van der Waals surface area contributed by atoms with Gasteiger partial charge in [-0.15, -0.1) is 0 Å². The van der Waals surface area contributed by atoms with E-state index in [1.165, 1.54) is 38.6 Å². The van der Waals surface area contributed by atoms with Gasteiger partial charge in [0.05, 0.1) is 0 Å². The average molecular weight is 226 g/mol. The van der Waals surface area contributed by atoms with Crippen molar-refractivity contribution in [3.05, 3.63) is 0 Å². The summed E-state index contributed by atoms with van der Waals surface area (Å²) in [5.41, 5.74) is 6.07. The lowest BCUT2D eigenvalue weighted by atomic mass is 9.85. The molecule has 2 heteroatoms. The van der Waals surface area contributed by atoms with E-state index < -0.39 is 0 Å². The third kappa shape index (κ3) is 4.42. The molecular weight excluding hydrogens is 196 g/mol. The van der Waals surface area contributed by atoms with E-state index in [0.29, 0.717) is 5.41 Å². The maximum atomic E-state index is 5.77. The van der Waals surface area contributed by atoms with Crippen LogP contribution in [0.2, 0.25) is 0 Å². The summed E-state index contributed by atoms with van der Waals surface area (Å²) < 4.78 is 0. The van der Waals surface area contributed by atoms with E-state index >= 15 is 0 Å². The van der Waals surface area contributed by atoms with E-state index in [2.05, 4.69) is 32.7 Å². The first-order valence-electron chi connectivity index (χ1n) is 6.85. The SMILES string of the molecule is CC1CCCC(N(C)CCC(C)(C)CN)C1. The predicted molar refractivity (Wildman–Crippen MR) is 71.5 cm³/mol. The molecule has 1 saturated carbocycles. The van der Waals surface area contributed by atoms with Crippen molar-refractivity contribution in [2.24, 2.45) is 17.1 Å². The van der Waals surface area contributed by atoms with Crippen LogP contribution in [-0.4, -0.2) is 31.1 Å². The number of nitrogens with two attached hydrogens (primary N) is 1. The first kappa shape index (κ1) is 14.0. The molecule has 0 aromatic heterocycles. The van der Waals surface area contributed by atoms with Crippen molar-refractivity contribution in [2.75, 3.05) is 20.1 Å². The number of rotatable bonds is 5. The van der Waals surface area contributed by atoms with Gasteiger partial charge in [0.1, 0.15) is 0 Å². The molecule has 1 aliphatic carbocycles. The minimum atomic E-state index is 0.300. The van der Waals surface area contributed by atoms with Gasteiger partial charge >= 0.3 is 0 Å². The number of hydrogen-bond donors (Lipinski definition) is 1. The Bertz CT molecular complexity index is 201. The Kier molecular flexibility index (Phi) is 5.26. The normalized spacial score (nSPS) is 27.4. The molecule has 2 unspecified atom stereocenters. The lowest BCUT2D eigenvalue weighted by Gasteiger charge is -2.36. The van der Waals surface area contributed by atoms with Crippen molar-refractivity contribution in [3.63, 3.8) is 0 Å². The van der Waals surface area contributed by atoms with Gasteiger partial charge in [-0.1, -0.05) is 33.6 Å². The van der Waals surface area contributed by atoms with Crippen LogP contribution in [0.5, 0.6) is 0 Å². The Balaban J connectivity index is 2.31. The molecule has 1 rings (SSSR count). The zero-order chi connectivity index (χ0) is 12.2. The largest absolute Gasteiger partial charge is 0.330 e. The summed E-state index contributed by atoms with van der Waals surface area (Å²) in [5, 5.41) is 0. The molecule has 0 bridgehead atoms. The minimum Gasteiger partial charge on any atom is -0.330 e. The average Bonchev–Trinajstić information content (AvgIpc) is 2.26. The quantitative estimate of drug-likeness (QED) is 0.781. The van der Waals surface area contributed by atoms with E-state index in [-0.39, 0.29) is 0 Å². The van der Waals surface area contributed by atoms with Gasteiger partial charge in [0.25, 0.3) is 0 Å². The molecule has 0 saturated heterocycles. The van der Waals surface area contributed by atoms with Gasteiger partial charge < -0.3 is 10.6 Å². The molecule has 2 N–H and O–H groups in total. The van der Waals surface area contributed by atoms with E-state index in [9.17, 15) is 0 Å². The zero-order valence-electron chi connectivity index (χ0n) is 11.6. The van der Waals surface area contributed by atoms with Crippen LogP contribution >= 0.6 is 0 Å². The third-order valence-corrected chi connectivity index (χ3v) is 4.23. The predicted octanol–water partition coefficient (Wildman–Crippen LogP) is 2.87. The molecule has 0 amide bonds. The van der Waals surface area contributed by atoms with Crippen LogP contribution in [0.4, 0.5) is 0 Å². The van der Waals surface area contributed by atoms with Gasteiger partial charge in [0, 0.05) is 6.04 Å². The molecule has 1 fully saturated rings. The molecule has 0 aliphatic heterocycles. The van der Waals surface area contributed by atoms with Crippen LogP contribution in [0.3, 0.4) is 0 Å². The third-order valence-electron chi connectivity index (χ3n) is 4.23. The number of hydrogen-bond acceptors (Lipinski definition) is 2. The van der Waals surface area contributed by atoms with Gasteiger partial charge in [-0.3, -0.25) is 0 Å². The van der Waals surface area contributed by atoms with Gasteiger partial charge in [-0.05, 0) is 50.7 Å². The van der Waals surface area contributed by atoms with Crippen LogP contribution in [0.1, 0.15) is 52.9 Å². The van der Waals surface area contributed by atoms with Gasteiger partial charge in [0.2, 0.25) is 0 Å². The first-order valence-corrected chi connectivity index (χ1v) is 6.85. The summed E-state index contributed by atoms with van der Waals surface area (Å²) in [7, 11) is 2.29. The van der Waals surface area contributed by atoms with Crippen molar-refractivity contribution in [1.29, 1.82) is 0 Å². The van der Waals surface area contributed by atoms with Crippen molar-refractivity contribution >= 4 is 0 Å². The van der Waals surface area contributed by atoms with E-state index in [0.717, 1.165) is 18.5 Å². The molecule has 0 aromatic rings. The lowest BCUT2D eigenvalue weighted by molar-refractivity contribution is 0.145. The van der Waals surface area contributed by atoms with Crippen LogP contribution in [-0.2, 0) is 0 Å². The summed E-state index contributed by atoms with van der Waals surface area (Å²) in [6.07, 6.45) is 6.84. The molecule has 0 heterocycles. The lowest BCUT2D eigenvalue weighted by Crippen LogP contribution is -2.38. The second kappa shape index (κ2) is 6.02. The van der Waals surface area contributed by atoms with Crippen LogP contribution < -0.4 is 5.73 Å². The summed E-state index contributed by atoms with van der Waals surface area (Å²) >= 11 is 0. The molecule has 96 valence electrons. The standard InChI is InChI=1S/C14H30N2/c1-12-6-5-7-13(10-12)16(4)9-8-14(2,3)11-15/h12-13H,5-11,15H2,1-4H3. The maximum absolute atomic E-state index is 5.77. The summed E-state index contributed by atoms with van der Waals surface area (Å²) in [6, 6.07) is 0.817. The fourth-order valence-corrected chi connectivity index (χ4v) is 2.57. The summed E-state index contributed by atoms with van der Waals surface area (Å²) in [6.45, 7) is 8.92. The van der Waals surface area contributed by atoms with Crippen molar-refractivity contribution in [2.45, 2.75) is 58.9 Å². The Morgan fingerprint density at radius 2 is 2.00 bits per heavy atom. The zero-order valence-corrected chi connectivity index (χ0v) is 11.6. The van der Waals surface area contributed by atoms with Crippen LogP contribution in [0.25, 0.3) is 0 Å². The molecule has 0 spiro atoms. The minimum absolute atomic E-state index is 0.300. The molecule has 2 atom stereocenters. The van der Waals surface area contributed by atoms with Crippen LogP contribution in [0.15, 0.2) is 0 Å². The van der Waals surface area contributed by atoms with Gasteiger partial charge in [-0.2, -0.15) is 0 Å². The first-order chi connectivity index (χ1) is 7.44. The second-order valence-electron chi connectivity index (χ2n) is 6.52. The fourth-order valence-electron chi connectivity index (χ4n) is 2.57. The highest BCUT2D eigenvalue weighted by molar-refractivity contribution is 4.79. The van der Waals surface area contributed by atoms with Gasteiger partial charge in [-0.25, -0.2) is 0 Å². The van der Waals surface area contributed by atoms with E-state index in [1.54, 1.807) is 0 Å². The fraction of sp³-hybridized carbons (Fsp3) is 1.00. The highest BCUT2D eigenvalue weighted by Crippen LogP contribution is 2.27. The highest BCUT2D eigenvalue weighted by Gasteiger charge is 2.24. The van der Waals surface area contributed by atoms with Gasteiger partial charge in [0.15, 0.2) is 0 Å². The monoisotopic (exact) mass is 226 g/mol. The molecular formula is C14H30N2. The second-order valence-corrected chi connectivity index (χ2v) is 6.52.